The summed E-state index contributed by atoms with van der Waals surface area (Å²) in [6.45, 7) is 1.79. The molecule has 0 radical (unpaired) electrons. The van der Waals surface area contributed by atoms with Gasteiger partial charge in [0.15, 0.2) is 0 Å². The van der Waals surface area contributed by atoms with Gasteiger partial charge in [0.05, 0.1) is 7.11 Å². The Balaban J connectivity index is 2.33. The molecule has 0 aliphatic rings. The number of halogens is 3. The Kier molecular flexibility index (Phi) is 3.88. The molecule has 3 N–H and O–H groups in total. The zero-order valence-corrected chi connectivity index (χ0v) is 11.3. The molecule has 1 heterocycles. The predicted molar refractivity (Wildman–Crippen MR) is 72.5 cm³/mol. The van der Waals surface area contributed by atoms with Gasteiger partial charge in [-0.2, -0.15) is 13.2 Å². The molecule has 0 atom stereocenters. The smallest absolute Gasteiger partial charge is 0.451 e. The lowest BCUT2D eigenvalue weighted by Crippen LogP contribution is -2.13. The van der Waals surface area contributed by atoms with E-state index in [2.05, 4.69) is 15.3 Å². The van der Waals surface area contributed by atoms with E-state index in [0.717, 1.165) is 5.56 Å². The van der Waals surface area contributed by atoms with Gasteiger partial charge in [-0.05, 0) is 30.7 Å². The van der Waals surface area contributed by atoms with Gasteiger partial charge in [-0.25, -0.2) is 9.97 Å². The minimum Gasteiger partial charge on any atom is -0.497 e. The molecule has 0 amide bonds. The number of aromatic nitrogens is 2. The van der Waals surface area contributed by atoms with E-state index in [4.69, 9.17) is 10.5 Å². The Labute approximate surface area is 119 Å². The maximum absolute atomic E-state index is 12.6. The Morgan fingerprint density at radius 3 is 2.48 bits per heavy atom. The average molecular weight is 298 g/mol. The normalized spacial score (nSPS) is 11.3. The van der Waals surface area contributed by atoms with Crippen LogP contribution in [0.4, 0.5) is 30.5 Å². The van der Waals surface area contributed by atoms with Gasteiger partial charge in [0.1, 0.15) is 17.4 Å². The molecule has 2 aromatic rings. The van der Waals surface area contributed by atoms with Crippen molar-refractivity contribution in [3.05, 3.63) is 35.7 Å². The standard InChI is InChI=1S/C13H13F3N4O/c1-7-5-8(21-2)3-4-9(7)18-11-6-10(17)19-12(20-11)13(14,15)16/h3-6H,1-2H3,(H3,17,18,19,20). The lowest BCUT2D eigenvalue weighted by molar-refractivity contribution is -0.144. The highest BCUT2D eigenvalue weighted by Crippen LogP contribution is 2.29. The summed E-state index contributed by atoms with van der Waals surface area (Å²) < 4.78 is 43.0. The van der Waals surface area contributed by atoms with E-state index in [0.29, 0.717) is 11.4 Å². The number of nitrogens with one attached hydrogen (secondary N) is 1. The topological polar surface area (TPSA) is 73.1 Å². The lowest BCUT2D eigenvalue weighted by Gasteiger charge is -2.12. The first kappa shape index (κ1) is 14.9. The molecule has 5 nitrogen and oxygen atoms in total. The van der Waals surface area contributed by atoms with Crippen LogP contribution in [0.25, 0.3) is 0 Å². The summed E-state index contributed by atoms with van der Waals surface area (Å²) in [7, 11) is 1.53. The van der Waals surface area contributed by atoms with E-state index < -0.39 is 12.0 Å². The Bertz CT molecular complexity index is 658. The number of nitrogen functional groups attached to an aromatic ring is 1. The van der Waals surface area contributed by atoms with Crippen LogP contribution in [-0.4, -0.2) is 17.1 Å². The second-order valence-corrected chi connectivity index (χ2v) is 4.31. The average Bonchev–Trinajstić information content (AvgIpc) is 2.39. The quantitative estimate of drug-likeness (QED) is 0.910. The first-order valence-electron chi connectivity index (χ1n) is 5.93. The van der Waals surface area contributed by atoms with Gasteiger partial charge in [-0.1, -0.05) is 0 Å². The van der Waals surface area contributed by atoms with E-state index in [-0.39, 0.29) is 11.6 Å². The third kappa shape index (κ3) is 3.53. The van der Waals surface area contributed by atoms with Crippen molar-refractivity contribution in [2.45, 2.75) is 13.1 Å². The Morgan fingerprint density at radius 2 is 1.90 bits per heavy atom. The molecular weight excluding hydrogens is 285 g/mol. The second kappa shape index (κ2) is 5.47. The van der Waals surface area contributed by atoms with Crippen molar-refractivity contribution in [2.75, 3.05) is 18.2 Å². The van der Waals surface area contributed by atoms with Crippen LogP contribution in [0.1, 0.15) is 11.4 Å². The number of alkyl halides is 3. The first-order chi connectivity index (χ1) is 9.79. The minimum atomic E-state index is -4.65. The van der Waals surface area contributed by atoms with Gasteiger partial charge >= 0.3 is 6.18 Å². The molecule has 0 saturated carbocycles. The number of anilines is 3. The van der Waals surface area contributed by atoms with Crippen LogP contribution >= 0.6 is 0 Å². The van der Waals surface area contributed by atoms with Crippen LogP contribution in [0.2, 0.25) is 0 Å². The highest BCUT2D eigenvalue weighted by molar-refractivity contribution is 5.63. The molecule has 21 heavy (non-hydrogen) atoms. The summed E-state index contributed by atoms with van der Waals surface area (Å²) >= 11 is 0. The van der Waals surface area contributed by atoms with Gasteiger partial charge in [-0.15, -0.1) is 0 Å². The van der Waals surface area contributed by atoms with E-state index >= 15 is 0 Å². The van der Waals surface area contributed by atoms with E-state index in [9.17, 15) is 13.2 Å². The molecule has 0 bridgehead atoms. The number of aryl methyl sites for hydroxylation is 1. The van der Waals surface area contributed by atoms with Crippen molar-refractivity contribution in [2.24, 2.45) is 0 Å². The van der Waals surface area contributed by atoms with Gasteiger partial charge in [0.25, 0.3) is 0 Å². The maximum atomic E-state index is 12.6. The highest BCUT2D eigenvalue weighted by atomic mass is 19.4. The van der Waals surface area contributed by atoms with Crippen molar-refractivity contribution in [1.82, 2.24) is 9.97 Å². The summed E-state index contributed by atoms with van der Waals surface area (Å²) in [5.74, 6) is -0.915. The zero-order chi connectivity index (χ0) is 15.6. The molecule has 0 saturated heterocycles. The molecular formula is C13H13F3N4O. The van der Waals surface area contributed by atoms with E-state index in [1.54, 1.807) is 25.1 Å². The summed E-state index contributed by atoms with van der Waals surface area (Å²) in [5, 5.41) is 2.79. The largest absolute Gasteiger partial charge is 0.497 e. The van der Waals surface area contributed by atoms with E-state index in [1.807, 2.05) is 0 Å². The number of methoxy groups -OCH3 is 1. The molecule has 0 aliphatic carbocycles. The number of ether oxygens (including phenoxy) is 1. The molecule has 112 valence electrons. The molecule has 1 aromatic carbocycles. The van der Waals surface area contributed by atoms with E-state index in [1.165, 1.54) is 13.2 Å². The van der Waals surface area contributed by atoms with Crippen LogP contribution in [0.15, 0.2) is 24.3 Å². The van der Waals surface area contributed by atoms with Crippen molar-refractivity contribution in [3.8, 4) is 5.75 Å². The van der Waals surface area contributed by atoms with Crippen LogP contribution in [0.5, 0.6) is 5.75 Å². The molecule has 0 aliphatic heterocycles. The third-order valence-electron chi connectivity index (χ3n) is 2.70. The molecule has 0 spiro atoms. The maximum Gasteiger partial charge on any atom is 0.451 e. The van der Waals surface area contributed by atoms with Gasteiger partial charge in [0, 0.05) is 11.8 Å². The number of nitrogens with two attached hydrogens (primary N) is 1. The monoisotopic (exact) mass is 298 g/mol. The van der Waals surface area contributed by atoms with Crippen LogP contribution in [0, 0.1) is 6.92 Å². The van der Waals surface area contributed by atoms with Crippen molar-refractivity contribution < 1.29 is 17.9 Å². The molecule has 1 aromatic heterocycles. The van der Waals surface area contributed by atoms with Gasteiger partial charge in [-0.3, -0.25) is 0 Å². The molecule has 0 fully saturated rings. The number of hydrogen-bond donors (Lipinski definition) is 2. The fourth-order valence-corrected chi connectivity index (χ4v) is 1.70. The first-order valence-corrected chi connectivity index (χ1v) is 5.93. The lowest BCUT2D eigenvalue weighted by atomic mass is 10.2. The van der Waals surface area contributed by atoms with Crippen LogP contribution in [0.3, 0.4) is 0 Å². The molecule has 2 rings (SSSR count). The highest BCUT2D eigenvalue weighted by Gasteiger charge is 2.35. The summed E-state index contributed by atoms with van der Waals surface area (Å²) in [5.41, 5.74) is 6.77. The SMILES string of the molecule is COc1ccc(Nc2cc(N)nc(C(F)(F)F)n2)c(C)c1. The summed E-state index contributed by atoms with van der Waals surface area (Å²) in [6.07, 6.45) is -4.65. The fraction of sp³-hybridized carbons (Fsp3) is 0.231. The molecule has 8 heteroatoms. The molecule has 0 unspecified atom stereocenters. The van der Waals surface area contributed by atoms with Crippen molar-refractivity contribution in [3.63, 3.8) is 0 Å². The zero-order valence-electron chi connectivity index (χ0n) is 11.3. The van der Waals surface area contributed by atoms with Gasteiger partial charge in [0.2, 0.25) is 5.82 Å². The van der Waals surface area contributed by atoms with Crippen LogP contribution in [-0.2, 0) is 6.18 Å². The number of nitrogens with zero attached hydrogens (tertiary/aromatic N) is 2. The minimum absolute atomic E-state index is 0.0249. The second-order valence-electron chi connectivity index (χ2n) is 4.31. The number of rotatable bonds is 3. The number of benzene rings is 1. The Hall–Kier alpha value is -2.51. The number of hydrogen-bond acceptors (Lipinski definition) is 5. The summed E-state index contributed by atoms with van der Waals surface area (Å²) in [4.78, 5) is 6.60. The van der Waals surface area contributed by atoms with Gasteiger partial charge < -0.3 is 15.8 Å². The van der Waals surface area contributed by atoms with Crippen molar-refractivity contribution in [1.29, 1.82) is 0 Å². The third-order valence-corrected chi connectivity index (χ3v) is 2.70. The predicted octanol–water partition coefficient (Wildman–Crippen LogP) is 3.14. The van der Waals surface area contributed by atoms with Crippen LogP contribution < -0.4 is 15.8 Å². The van der Waals surface area contributed by atoms with Crippen molar-refractivity contribution >= 4 is 17.3 Å². The summed E-state index contributed by atoms with van der Waals surface area (Å²) in [6, 6.07) is 6.35. The Morgan fingerprint density at radius 1 is 1.19 bits per heavy atom. The fourth-order valence-electron chi connectivity index (χ4n) is 1.70.